The van der Waals surface area contributed by atoms with Crippen molar-refractivity contribution in [2.45, 2.75) is 32.6 Å². The highest BCUT2D eigenvalue weighted by Gasteiger charge is 2.23. The van der Waals surface area contributed by atoms with Gasteiger partial charge in [0.1, 0.15) is 0 Å². The van der Waals surface area contributed by atoms with E-state index < -0.39 is 0 Å². The highest BCUT2D eigenvalue weighted by atomic mass is 15.1. The normalized spacial score (nSPS) is 20.2. The summed E-state index contributed by atoms with van der Waals surface area (Å²) in [6.45, 7) is 4.82. The van der Waals surface area contributed by atoms with E-state index in [4.69, 9.17) is 0 Å². The first-order valence-corrected chi connectivity index (χ1v) is 6.39. The van der Waals surface area contributed by atoms with Crippen molar-refractivity contribution in [1.29, 1.82) is 0 Å². The Morgan fingerprint density at radius 1 is 1.00 bits per heavy atom. The lowest BCUT2D eigenvalue weighted by atomic mass is 10.1. The standard InChI is InChI=1S/C15H19N/c1-12-14-8-4-3-7-13(14)11-15(12)16-9-5-2-6-10-16/h3-4,7-8H,2,5-6,9-11H2,1H3. The minimum atomic E-state index is 1.15. The molecule has 84 valence electrons. The first-order valence-electron chi connectivity index (χ1n) is 6.39. The maximum absolute atomic E-state index is 2.61. The third kappa shape index (κ3) is 1.55. The molecule has 1 aromatic carbocycles. The van der Waals surface area contributed by atoms with Crippen LogP contribution in [0.1, 0.15) is 37.3 Å². The van der Waals surface area contributed by atoms with Gasteiger partial charge in [-0.1, -0.05) is 24.3 Å². The van der Waals surface area contributed by atoms with Crippen LogP contribution in [0.25, 0.3) is 5.57 Å². The summed E-state index contributed by atoms with van der Waals surface area (Å²) in [4.78, 5) is 2.61. The van der Waals surface area contributed by atoms with Crippen LogP contribution in [-0.2, 0) is 6.42 Å². The molecule has 0 spiro atoms. The van der Waals surface area contributed by atoms with Gasteiger partial charge in [0.15, 0.2) is 0 Å². The number of fused-ring (bicyclic) bond motifs is 1. The van der Waals surface area contributed by atoms with Gasteiger partial charge in [0, 0.05) is 25.2 Å². The zero-order valence-electron chi connectivity index (χ0n) is 10.00. The van der Waals surface area contributed by atoms with Crippen molar-refractivity contribution < 1.29 is 0 Å². The van der Waals surface area contributed by atoms with Crippen molar-refractivity contribution in [3.05, 3.63) is 41.1 Å². The molecule has 1 nitrogen and oxygen atoms in total. The van der Waals surface area contributed by atoms with Gasteiger partial charge < -0.3 is 4.90 Å². The number of hydrogen-bond donors (Lipinski definition) is 0. The predicted molar refractivity (Wildman–Crippen MR) is 68.2 cm³/mol. The Hall–Kier alpha value is -1.24. The number of likely N-dealkylation sites (tertiary alicyclic amines) is 1. The van der Waals surface area contributed by atoms with Crippen LogP contribution in [-0.4, -0.2) is 18.0 Å². The van der Waals surface area contributed by atoms with Gasteiger partial charge in [-0.25, -0.2) is 0 Å². The molecule has 1 saturated heterocycles. The third-order valence-electron chi connectivity index (χ3n) is 3.95. The Bertz CT molecular complexity index is 425. The van der Waals surface area contributed by atoms with Crippen molar-refractivity contribution in [3.8, 4) is 0 Å². The number of nitrogens with zero attached hydrogens (tertiary/aromatic N) is 1. The summed E-state index contributed by atoms with van der Waals surface area (Å²) in [5.74, 6) is 0. The minimum absolute atomic E-state index is 1.15. The molecule has 1 aliphatic heterocycles. The predicted octanol–water partition coefficient (Wildman–Crippen LogP) is 3.46. The van der Waals surface area contributed by atoms with Gasteiger partial charge in [-0.15, -0.1) is 0 Å². The molecule has 3 rings (SSSR count). The highest BCUT2D eigenvalue weighted by Crippen LogP contribution is 2.34. The Morgan fingerprint density at radius 2 is 1.75 bits per heavy atom. The van der Waals surface area contributed by atoms with E-state index in [2.05, 4.69) is 36.1 Å². The molecular formula is C15H19N. The molecular weight excluding hydrogens is 194 g/mol. The highest BCUT2D eigenvalue weighted by molar-refractivity contribution is 5.74. The number of rotatable bonds is 1. The molecule has 1 fully saturated rings. The fraction of sp³-hybridized carbons (Fsp3) is 0.467. The van der Waals surface area contributed by atoms with E-state index in [9.17, 15) is 0 Å². The van der Waals surface area contributed by atoms with E-state index >= 15 is 0 Å². The van der Waals surface area contributed by atoms with E-state index in [1.807, 2.05) is 0 Å². The summed E-state index contributed by atoms with van der Waals surface area (Å²) in [5, 5.41) is 0. The van der Waals surface area contributed by atoms with Crippen LogP contribution in [0.15, 0.2) is 30.0 Å². The van der Waals surface area contributed by atoms with Gasteiger partial charge in [-0.2, -0.15) is 0 Å². The molecule has 0 N–H and O–H groups in total. The average Bonchev–Trinajstić information content (AvgIpc) is 2.69. The molecule has 16 heavy (non-hydrogen) atoms. The fourth-order valence-corrected chi connectivity index (χ4v) is 3.02. The molecule has 1 aliphatic carbocycles. The maximum Gasteiger partial charge on any atom is 0.0213 e. The molecule has 0 bridgehead atoms. The number of piperidine rings is 1. The molecule has 0 unspecified atom stereocenters. The Kier molecular flexibility index (Phi) is 2.47. The van der Waals surface area contributed by atoms with Crippen LogP contribution in [0, 0.1) is 0 Å². The smallest absolute Gasteiger partial charge is 0.0213 e. The van der Waals surface area contributed by atoms with Gasteiger partial charge in [0.2, 0.25) is 0 Å². The van der Waals surface area contributed by atoms with Crippen LogP contribution in [0.5, 0.6) is 0 Å². The van der Waals surface area contributed by atoms with Crippen molar-refractivity contribution >= 4 is 5.57 Å². The lowest BCUT2D eigenvalue weighted by Crippen LogP contribution is -2.29. The molecule has 0 saturated carbocycles. The molecule has 1 aromatic rings. The summed E-state index contributed by atoms with van der Waals surface area (Å²) in [5.41, 5.74) is 6.09. The largest absolute Gasteiger partial charge is 0.374 e. The van der Waals surface area contributed by atoms with Crippen LogP contribution < -0.4 is 0 Å². The van der Waals surface area contributed by atoms with Crippen LogP contribution in [0.3, 0.4) is 0 Å². The number of benzene rings is 1. The van der Waals surface area contributed by atoms with Crippen molar-refractivity contribution in [2.24, 2.45) is 0 Å². The summed E-state index contributed by atoms with van der Waals surface area (Å²) < 4.78 is 0. The van der Waals surface area contributed by atoms with Gasteiger partial charge in [0.05, 0.1) is 0 Å². The van der Waals surface area contributed by atoms with Crippen molar-refractivity contribution in [1.82, 2.24) is 4.90 Å². The lowest BCUT2D eigenvalue weighted by Gasteiger charge is -2.30. The topological polar surface area (TPSA) is 3.24 Å². The molecule has 0 aromatic heterocycles. The summed E-state index contributed by atoms with van der Waals surface area (Å²) >= 11 is 0. The molecule has 0 amide bonds. The van der Waals surface area contributed by atoms with E-state index in [0.717, 1.165) is 6.42 Å². The molecule has 1 heteroatoms. The molecule has 1 heterocycles. The second kappa shape index (κ2) is 3.97. The Morgan fingerprint density at radius 3 is 2.50 bits per heavy atom. The maximum atomic E-state index is 2.61. The zero-order chi connectivity index (χ0) is 11.0. The van der Waals surface area contributed by atoms with Crippen LogP contribution in [0.4, 0.5) is 0 Å². The number of hydrogen-bond acceptors (Lipinski definition) is 1. The Labute approximate surface area is 97.8 Å². The van der Waals surface area contributed by atoms with E-state index in [0.29, 0.717) is 0 Å². The Balaban J connectivity index is 1.91. The second-order valence-corrected chi connectivity index (χ2v) is 4.95. The SMILES string of the molecule is CC1=C(N2CCCCC2)Cc2ccccc21. The third-order valence-corrected chi connectivity index (χ3v) is 3.95. The van der Waals surface area contributed by atoms with Crippen molar-refractivity contribution in [2.75, 3.05) is 13.1 Å². The molecule has 0 radical (unpaired) electrons. The van der Waals surface area contributed by atoms with E-state index in [1.165, 1.54) is 49.1 Å². The van der Waals surface area contributed by atoms with Gasteiger partial charge >= 0.3 is 0 Å². The van der Waals surface area contributed by atoms with E-state index in [1.54, 1.807) is 5.70 Å². The summed E-state index contributed by atoms with van der Waals surface area (Å²) in [6, 6.07) is 8.85. The first-order chi connectivity index (χ1) is 7.86. The monoisotopic (exact) mass is 213 g/mol. The van der Waals surface area contributed by atoms with E-state index in [-0.39, 0.29) is 0 Å². The van der Waals surface area contributed by atoms with Gasteiger partial charge in [0.25, 0.3) is 0 Å². The molecule has 0 atom stereocenters. The van der Waals surface area contributed by atoms with Gasteiger partial charge in [-0.05, 0) is 42.9 Å². The quantitative estimate of drug-likeness (QED) is 0.690. The second-order valence-electron chi connectivity index (χ2n) is 4.95. The fourth-order valence-electron chi connectivity index (χ4n) is 3.02. The minimum Gasteiger partial charge on any atom is -0.374 e. The van der Waals surface area contributed by atoms with Crippen molar-refractivity contribution in [3.63, 3.8) is 0 Å². The molecule has 2 aliphatic rings. The first kappa shape index (κ1) is 9.95. The zero-order valence-corrected chi connectivity index (χ0v) is 10.00. The summed E-state index contributed by atoms with van der Waals surface area (Å²) in [6.07, 6.45) is 5.30. The number of allylic oxidation sites excluding steroid dienone is 2. The summed E-state index contributed by atoms with van der Waals surface area (Å²) in [7, 11) is 0. The van der Waals surface area contributed by atoms with Crippen LogP contribution in [0.2, 0.25) is 0 Å². The lowest BCUT2D eigenvalue weighted by molar-refractivity contribution is 0.283. The average molecular weight is 213 g/mol. The van der Waals surface area contributed by atoms with Crippen LogP contribution >= 0.6 is 0 Å². The van der Waals surface area contributed by atoms with Gasteiger partial charge in [-0.3, -0.25) is 0 Å².